The summed E-state index contributed by atoms with van der Waals surface area (Å²) in [6.07, 6.45) is 3.98. The topological polar surface area (TPSA) is 51.1 Å². The minimum Gasteiger partial charge on any atom is -0.325 e. The Morgan fingerprint density at radius 3 is 2.74 bits per heavy atom. The number of rotatable bonds is 4. The summed E-state index contributed by atoms with van der Waals surface area (Å²) in [5.41, 5.74) is 1.92. The van der Waals surface area contributed by atoms with Crippen LogP contribution in [0.15, 0.2) is 51.6 Å². The summed E-state index contributed by atoms with van der Waals surface area (Å²) in [7, 11) is 0. The van der Waals surface area contributed by atoms with Gasteiger partial charge >= 0.3 is 4.87 Å². The molecule has 1 aliphatic heterocycles. The average molecular weight is 469 g/mol. The quantitative estimate of drug-likeness (QED) is 0.545. The molecular formula is C24H24N2O2S3. The number of thioether (sulfide) groups is 1. The van der Waals surface area contributed by atoms with Crippen LogP contribution >= 0.6 is 34.4 Å². The van der Waals surface area contributed by atoms with E-state index in [1.165, 1.54) is 40.4 Å². The zero-order valence-electron chi connectivity index (χ0n) is 17.2. The second kappa shape index (κ2) is 7.64. The number of thiazole rings is 1. The van der Waals surface area contributed by atoms with E-state index in [9.17, 15) is 9.59 Å². The SMILES string of the molecule is Cc1ccc(NC(=O)Cn2c3c(sc2=O)[C@@H](c2cccs2)C2C4CCC(C4)C2S3)cc1. The Hall–Kier alpha value is -1.83. The van der Waals surface area contributed by atoms with Gasteiger partial charge in [-0.15, -0.1) is 23.1 Å². The molecule has 2 saturated carbocycles. The maximum absolute atomic E-state index is 13.0. The number of benzene rings is 1. The standard InChI is InChI=1S/C24H24N2O2S3/c1-13-4-8-16(9-5-13)25-18(27)12-26-23-22(31-24(26)28)20(17-3-2-10-29-17)19-14-6-7-15(11-14)21(19)30-23/h2-5,8-10,14-15,19-21H,6-7,11-12H2,1H3,(H,25,27)/t14?,15?,19?,20-,21?/m0/s1. The summed E-state index contributed by atoms with van der Waals surface area (Å²) in [5.74, 6) is 2.33. The third-order valence-electron chi connectivity index (χ3n) is 7.18. The number of carbonyl (C=O) groups is 1. The molecule has 3 aromatic rings. The van der Waals surface area contributed by atoms with E-state index in [1.807, 2.05) is 54.3 Å². The summed E-state index contributed by atoms with van der Waals surface area (Å²) in [5, 5.41) is 6.71. The fourth-order valence-electron chi connectivity index (χ4n) is 5.85. The summed E-state index contributed by atoms with van der Waals surface area (Å²) in [6, 6.07) is 12.1. The molecule has 1 aromatic carbocycles. The second-order valence-corrected chi connectivity index (χ2v) is 12.2. The molecule has 4 unspecified atom stereocenters. The first-order valence-electron chi connectivity index (χ1n) is 10.9. The maximum Gasteiger partial charge on any atom is 0.308 e. The molecule has 31 heavy (non-hydrogen) atoms. The van der Waals surface area contributed by atoms with Gasteiger partial charge in [-0.25, -0.2) is 0 Å². The van der Waals surface area contributed by atoms with Crippen LogP contribution in [-0.4, -0.2) is 15.7 Å². The number of thiophene rings is 1. The zero-order valence-corrected chi connectivity index (χ0v) is 19.7. The summed E-state index contributed by atoms with van der Waals surface area (Å²) >= 11 is 5.06. The van der Waals surface area contributed by atoms with Gasteiger partial charge in [0.1, 0.15) is 6.54 Å². The summed E-state index contributed by atoms with van der Waals surface area (Å²) in [6.45, 7) is 2.10. The normalized spacial score (nSPS) is 28.4. The predicted molar refractivity (Wildman–Crippen MR) is 129 cm³/mol. The van der Waals surface area contributed by atoms with E-state index in [-0.39, 0.29) is 17.3 Å². The van der Waals surface area contributed by atoms with Gasteiger partial charge in [-0.3, -0.25) is 14.2 Å². The van der Waals surface area contributed by atoms with Crippen molar-refractivity contribution in [1.82, 2.24) is 4.57 Å². The van der Waals surface area contributed by atoms with Gasteiger partial charge in [0.15, 0.2) is 0 Å². The Balaban J connectivity index is 1.34. The van der Waals surface area contributed by atoms with Crippen molar-refractivity contribution < 1.29 is 4.79 Å². The van der Waals surface area contributed by atoms with Crippen LogP contribution < -0.4 is 10.2 Å². The van der Waals surface area contributed by atoms with Gasteiger partial charge in [-0.1, -0.05) is 35.1 Å². The van der Waals surface area contributed by atoms with E-state index in [2.05, 4.69) is 22.8 Å². The molecular weight excluding hydrogens is 444 g/mol. The van der Waals surface area contributed by atoms with Crippen LogP contribution in [0.2, 0.25) is 0 Å². The Labute approximate surface area is 193 Å². The number of anilines is 1. The maximum atomic E-state index is 13.0. The van der Waals surface area contributed by atoms with Crippen molar-refractivity contribution in [2.24, 2.45) is 17.8 Å². The Morgan fingerprint density at radius 2 is 1.97 bits per heavy atom. The fraction of sp³-hybridized carbons (Fsp3) is 0.417. The highest BCUT2D eigenvalue weighted by Gasteiger charge is 2.55. The van der Waals surface area contributed by atoms with Crippen LogP contribution in [0.25, 0.3) is 0 Å². The van der Waals surface area contributed by atoms with Crippen LogP contribution in [-0.2, 0) is 11.3 Å². The van der Waals surface area contributed by atoms with Crippen LogP contribution in [0.1, 0.15) is 40.5 Å². The van der Waals surface area contributed by atoms with E-state index in [1.54, 1.807) is 4.57 Å². The van der Waals surface area contributed by atoms with Crippen molar-refractivity contribution in [3.05, 3.63) is 66.8 Å². The van der Waals surface area contributed by atoms with Gasteiger partial charge < -0.3 is 5.32 Å². The lowest BCUT2D eigenvalue weighted by molar-refractivity contribution is -0.116. The van der Waals surface area contributed by atoms with Gasteiger partial charge in [0.05, 0.1) is 5.03 Å². The number of nitrogens with one attached hydrogen (secondary N) is 1. The molecule has 3 aliphatic rings. The smallest absolute Gasteiger partial charge is 0.308 e. The number of carbonyl (C=O) groups excluding carboxylic acids is 1. The van der Waals surface area contributed by atoms with Gasteiger partial charge in [0.25, 0.3) is 0 Å². The van der Waals surface area contributed by atoms with Crippen LogP contribution in [0.5, 0.6) is 0 Å². The number of aryl methyl sites for hydroxylation is 1. The van der Waals surface area contributed by atoms with Gasteiger partial charge in [0, 0.05) is 26.6 Å². The third-order valence-corrected chi connectivity index (χ3v) is 11.0. The number of amides is 1. The molecule has 5 atom stereocenters. The lowest BCUT2D eigenvalue weighted by Gasteiger charge is -2.40. The minimum absolute atomic E-state index is 0.00886. The Kier molecular flexibility index (Phi) is 4.89. The van der Waals surface area contributed by atoms with Crippen molar-refractivity contribution >= 4 is 46.0 Å². The second-order valence-electron chi connectivity index (χ2n) is 9.02. The van der Waals surface area contributed by atoms with Crippen LogP contribution in [0, 0.1) is 24.7 Å². The van der Waals surface area contributed by atoms with Crippen molar-refractivity contribution in [2.75, 3.05) is 5.32 Å². The first-order chi connectivity index (χ1) is 15.1. The monoisotopic (exact) mass is 468 g/mol. The lowest BCUT2D eigenvalue weighted by atomic mass is 9.77. The lowest BCUT2D eigenvalue weighted by Crippen LogP contribution is -2.34. The molecule has 6 rings (SSSR count). The van der Waals surface area contributed by atoms with Crippen LogP contribution in [0.3, 0.4) is 0 Å². The van der Waals surface area contributed by atoms with E-state index in [4.69, 9.17) is 0 Å². The largest absolute Gasteiger partial charge is 0.325 e. The number of hydrogen-bond acceptors (Lipinski definition) is 5. The first kappa shape index (κ1) is 19.8. The average Bonchev–Trinajstić information content (AvgIpc) is 3.54. The van der Waals surface area contributed by atoms with Crippen LogP contribution in [0.4, 0.5) is 5.69 Å². The van der Waals surface area contributed by atoms with E-state index in [0.29, 0.717) is 17.1 Å². The van der Waals surface area contributed by atoms with E-state index < -0.39 is 0 Å². The zero-order chi connectivity index (χ0) is 21.1. The van der Waals surface area contributed by atoms with Crippen molar-refractivity contribution in [3.63, 3.8) is 0 Å². The molecule has 3 heterocycles. The molecule has 2 aromatic heterocycles. The molecule has 2 fully saturated rings. The molecule has 1 amide bonds. The molecule has 0 saturated heterocycles. The number of nitrogens with zero attached hydrogens (tertiary/aromatic N) is 1. The molecule has 1 N–H and O–H groups in total. The van der Waals surface area contributed by atoms with Crippen molar-refractivity contribution in [1.29, 1.82) is 0 Å². The highest BCUT2D eigenvalue weighted by Crippen LogP contribution is 2.64. The van der Waals surface area contributed by atoms with Gasteiger partial charge in [-0.2, -0.15) is 0 Å². The fourth-order valence-corrected chi connectivity index (χ4v) is 9.96. The van der Waals surface area contributed by atoms with Crippen molar-refractivity contribution in [2.45, 2.75) is 48.9 Å². The molecule has 2 aliphatic carbocycles. The third kappa shape index (κ3) is 3.33. The molecule has 0 spiro atoms. The molecule has 160 valence electrons. The number of hydrogen-bond donors (Lipinski definition) is 1. The van der Waals surface area contributed by atoms with Gasteiger partial charge in [0.2, 0.25) is 5.91 Å². The highest BCUT2D eigenvalue weighted by molar-refractivity contribution is 8.00. The Bertz CT molecular complexity index is 1180. The summed E-state index contributed by atoms with van der Waals surface area (Å²) in [4.78, 5) is 28.4. The molecule has 4 nitrogen and oxygen atoms in total. The van der Waals surface area contributed by atoms with E-state index in [0.717, 1.165) is 28.1 Å². The highest BCUT2D eigenvalue weighted by atomic mass is 32.2. The summed E-state index contributed by atoms with van der Waals surface area (Å²) < 4.78 is 1.73. The minimum atomic E-state index is -0.144. The number of fused-ring (bicyclic) bond motifs is 6. The first-order valence-corrected chi connectivity index (χ1v) is 13.5. The molecule has 7 heteroatoms. The van der Waals surface area contributed by atoms with Gasteiger partial charge in [-0.05, 0) is 67.5 Å². The molecule has 0 radical (unpaired) electrons. The van der Waals surface area contributed by atoms with E-state index >= 15 is 0 Å². The number of aromatic nitrogens is 1. The molecule has 2 bridgehead atoms. The van der Waals surface area contributed by atoms with Crippen molar-refractivity contribution in [3.8, 4) is 0 Å². The Morgan fingerprint density at radius 1 is 1.16 bits per heavy atom. The predicted octanol–water partition coefficient (Wildman–Crippen LogP) is 5.57.